The van der Waals surface area contributed by atoms with Crippen molar-refractivity contribution in [2.75, 3.05) is 13.1 Å². The first kappa shape index (κ1) is 17.9. The predicted molar refractivity (Wildman–Crippen MR) is 74.9 cm³/mol. The minimum Gasteiger partial charge on any atom is -0.479 e. The smallest absolute Gasteiger partial charge is 0.406 e. The van der Waals surface area contributed by atoms with Crippen LogP contribution in [-0.4, -0.2) is 36.2 Å². The number of nitrogens with zero attached hydrogens (tertiary/aromatic N) is 1. The van der Waals surface area contributed by atoms with E-state index in [1.54, 1.807) is 6.07 Å². The van der Waals surface area contributed by atoms with Gasteiger partial charge in [0.15, 0.2) is 6.10 Å². The van der Waals surface area contributed by atoms with Crippen LogP contribution in [0.25, 0.3) is 0 Å². The lowest BCUT2D eigenvalue weighted by atomic mass is 10.3. The van der Waals surface area contributed by atoms with Crippen LogP contribution < -0.4 is 4.74 Å². The molecule has 1 aromatic rings. The van der Waals surface area contributed by atoms with E-state index in [1.165, 1.54) is 26.0 Å². The number of alkyl halides is 3. The van der Waals surface area contributed by atoms with E-state index in [1.807, 2.05) is 0 Å². The second-order valence-corrected chi connectivity index (χ2v) is 5.06. The summed E-state index contributed by atoms with van der Waals surface area (Å²) in [5, 5.41) is 0.342. The second kappa shape index (κ2) is 7.22. The van der Waals surface area contributed by atoms with Crippen molar-refractivity contribution in [1.29, 1.82) is 0 Å². The fraction of sp³-hybridized carbons (Fsp3) is 0.462. The van der Waals surface area contributed by atoms with E-state index in [4.69, 9.17) is 27.9 Å². The molecule has 1 amide bonds. The Labute approximate surface area is 130 Å². The van der Waals surface area contributed by atoms with Gasteiger partial charge in [-0.25, -0.2) is 0 Å². The van der Waals surface area contributed by atoms with Crippen LogP contribution in [0, 0.1) is 0 Å². The third-order valence-corrected chi connectivity index (χ3v) is 3.43. The molecule has 0 fully saturated rings. The SMILES string of the molecule is CCN(CC(F)(F)F)C(=O)C(C)Oc1cccc(Cl)c1Cl. The fourth-order valence-corrected chi connectivity index (χ4v) is 1.97. The van der Waals surface area contributed by atoms with Crippen LogP contribution in [-0.2, 0) is 4.79 Å². The van der Waals surface area contributed by atoms with Crippen LogP contribution in [0.4, 0.5) is 13.2 Å². The Bertz CT molecular complexity index is 509. The van der Waals surface area contributed by atoms with Crippen LogP contribution in [0.5, 0.6) is 5.75 Å². The summed E-state index contributed by atoms with van der Waals surface area (Å²) in [6.07, 6.45) is -5.57. The van der Waals surface area contributed by atoms with Crippen LogP contribution >= 0.6 is 23.2 Å². The molecular weight excluding hydrogens is 330 g/mol. The number of carbonyl (C=O) groups is 1. The van der Waals surface area contributed by atoms with Gasteiger partial charge in [0.1, 0.15) is 17.3 Å². The number of halogens is 5. The Hall–Kier alpha value is -1.14. The average molecular weight is 344 g/mol. The van der Waals surface area contributed by atoms with E-state index in [-0.39, 0.29) is 22.3 Å². The number of ether oxygens (including phenoxy) is 1. The Morgan fingerprint density at radius 3 is 2.52 bits per heavy atom. The monoisotopic (exact) mass is 343 g/mol. The summed E-state index contributed by atoms with van der Waals surface area (Å²) < 4.78 is 42.5. The van der Waals surface area contributed by atoms with Crippen molar-refractivity contribution in [2.45, 2.75) is 26.1 Å². The van der Waals surface area contributed by atoms with Gasteiger partial charge in [-0.15, -0.1) is 0 Å². The summed E-state index contributed by atoms with van der Waals surface area (Å²) in [5.41, 5.74) is 0. The van der Waals surface area contributed by atoms with Crippen molar-refractivity contribution >= 4 is 29.1 Å². The molecule has 0 aromatic heterocycles. The van der Waals surface area contributed by atoms with E-state index in [0.717, 1.165) is 0 Å². The van der Waals surface area contributed by atoms with Gasteiger partial charge >= 0.3 is 6.18 Å². The maximum absolute atomic E-state index is 12.4. The van der Waals surface area contributed by atoms with Crippen molar-refractivity contribution in [1.82, 2.24) is 4.90 Å². The number of benzene rings is 1. The second-order valence-electron chi connectivity index (χ2n) is 4.28. The average Bonchev–Trinajstić information content (AvgIpc) is 2.39. The quantitative estimate of drug-likeness (QED) is 0.802. The maximum atomic E-state index is 12.4. The number of rotatable bonds is 5. The summed E-state index contributed by atoms with van der Waals surface area (Å²) in [6, 6.07) is 4.58. The molecule has 1 atom stereocenters. The summed E-state index contributed by atoms with van der Waals surface area (Å²) in [7, 11) is 0. The highest BCUT2D eigenvalue weighted by Gasteiger charge is 2.34. The molecule has 0 heterocycles. The van der Waals surface area contributed by atoms with Crippen molar-refractivity contribution in [3.05, 3.63) is 28.2 Å². The summed E-state index contributed by atoms with van der Waals surface area (Å²) in [6.45, 7) is 1.43. The van der Waals surface area contributed by atoms with Crippen LogP contribution in [0.3, 0.4) is 0 Å². The molecular formula is C13H14Cl2F3NO2. The van der Waals surface area contributed by atoms with Crippen LogP contribution in [0.15, 0.2) is 18.2 Å². The molecule has 0 aliphatic carbocycles. The first-order valence-electron chi connectivity index (χ1n) is 6.12. The maximum Gasteiger partial charge on any atom is 0.406 e. The lowest BCUT2D eigenvalue weighted by molar-refractivity contribution is -0.164. The minimum absolute atomic E-state index is 0.0741. The Kier molecular flexibility index (Phi) is 6.16. The van der Waals surface area contributed by atoms with Crippen molar-refractivity contribution in [3.63, 3.8) is 0 Å². The first-order valence-corrected chi connectivity index (χ1v) is 6.87. The van der Waals surface area contributed by atoms with Gasteiger partial charge in [-0.1, -0.05) is 29.3 Å². The zero-order valence-corrected chi connectivity index (χ0v) is 12.9. The number of carbonyl (C=O) groups excluding carboxylic acids is 1. The Morgan fingerprint density at radius 1 is 1.38 bits per heavy atom. The highest BCUT2D eigenvalue weighted by molar-refractivity contribution is 6.42. The number of likely N-dealkylation sites (N-methyl/N-ethyl adjacent to an activating group) is 1. The first-order chi connectivity index (χ1) is 9.65. The highest BCUT2D eigenvalue weighted by atomic mass is 35.5. The lowest BCUT2D eigenvalue weighted by Gasteiger charge is -2.26. The van der Waals surface area contributed by atoms with Gasteiger partial charge < -0.3 is 9.64 Å². The van der Waals surface area contributed by atoms with Crippen molar-refractivity contribution in [2.24, 2.45) is 0 Å². The molecule has 3 nitrogen and oxygen atoms in total. The number of hydrogen-bond acceptors (Lipinski definition) is 2. The molecule has 0 aliphatic rings. The molecule has 21 heavy (non-hydrogen) atoms. The molecule has 0 radical (unpaired) electrons. The number of amides is 1. The van der Waals surface area contributed by atoms with E-state index in [9.17, 15) is 18.0 Å². The molecule has 1 aromatic carbocycles. The van der Waals surface area contributed by atoms with Crippen molar-refractivity contribution in [3.8, 4) is 5.75 Å². The molecule has 1 rings (SSSR count). The lowest BCUT2D eigenvalue weighted by Crippen LogP contribution is -2.45. The van der Waals surface area contributed by atoms with E-state index in [2.05, 4.69) is 0 Å². The largest absolute Gasteiger partial charge is 0.479 e. The van der Waals surface area contributed by atoms with Crippen LogP contribution in [0.2, 0.25) is 10.0 Å². The predicted octanol–water partition coefficient (Wildman–Crippen LogP) is 4.17. The van der Waals surface area contributed by atoms with E-state index < -0.39 is 24.7 Å². The van der Waals surface area contributed by atoms with Crippen molar-refractivity contribution < 1.29 is 22.7 Å². The molecule has 118 valence electrons. The number of hydrogen-bond donors (Lipinski definition) is 0. The molecule has 1 unspecified atom stereocenters. The minimum atomic E-state index is -4.46. The van der Waals surface area contributed by atoms with Gasteiger partial charge in [-0.3, -0.25) is 4.79 Å². The zero-order chi connectivity index (χ0) is 16.2. The Morgan fingerprint density at radius 2 is 2.00 bits per heavy atom. The summed E-state index contributed by atoms with van der Waals surface area (Å²) >= 11 is 11.7. The van der Waals surface area contributed by atoms with Gasteiger partial charge in [0, 0.05) is 6.54 Å². The van der Waals surface area contributed by atoms with E-state index in [0.29, 0.717) is 4.90 Å². The van der Waals surface area contributed by atoms with Gasteiger partial charge in [0.05, 0.1) is 5.02 Å². The van der Waals surface area contributed by atoms with E-state index >= 15 is 0 Å². The fourth-order valence-electron chi connectivity index (χ4n) is 1.63. The summed E-state index contributed by atoms with van der Waals surface area (Å²) in [5.74, 6) is -0.626. The molecule has 0 saturated carbocycles. The molecule has 0 N–H and O–H groups in total. The normalized spacial score (nSPS) is 12.9. The summed E-state index contributed by atoms with van der Waals surface area (Å²) in [4.78, 5) is 12.6. The zero-order valence-electron chi connectivity index (χ0n) is 11.4. The van der Waals surface area contributed by atoms with Gasteiger partial charge in [0.25, 0.3) is 5.91 Å². The molecule has 0 bridgehead atoms. The standard InChI is InChI=1S/C13H14Cl2F3NO2/c1-3-19(7-13(16,17)18)12(20)8(2)21-10-6-4-5-9(14)11(10)15/h4-6,8H,3,7H2,1-2H3. The molecule has 8 heteroatoms. The highest BCUT2D eigenvalue weighted by Crippen LogP contribution is 2.32. The van der Waals surface area contributed by atoms with Gasteiger partial charge in [0.2, 0.25) is 0 Å². The third-order valence-electron chi connectivity index (χ3n) is 2.63. The topological polar surface area (TPSA) is 29.5 Å². The van der Waals surface area contributed by atoms with Crippen LogP contribution in [0.1, 0.15) is 13.8 Å². The Balaban J connectivity index is 2.80. The van der Waals surface area contributed by atoms with Gasteiger partial charge in [-0.2, -0.15) is 13.2 Å². The molecule has 0 spiro atoms. The molecule has 0 aliphatic heterocycles. The third kappa shape index (κ3) is 5.28. The molecule has 0 saturated heterocycles. The van der Waals surface area contributed by atoms with Gasteiger partial charge in [-0.05, 0) is 26.0 Å².